The Kier molecular flexibility index (Phi) is 3.91. The Morgan fingerprint density at radius 2 is 2.28 bits per heavy atom. The van der Waals surface area contributed by atoms with Crippen molar-refractivity contribution in [2.45, 2.75) is 19.3 Å². The first-order chi connectivity index (χ1) is 12.2. The molecule has 122 valence electrons. The Balaban J connectivity index is 1.88. The van der Waals surface area contributed by atoms with E-state index in [0.29, 0.717) is 11.5 Å². The lowest BCUT2D eigenvalue weighted by molar-refractivity contribution is 0.740. The van der Waals surface area contributed by atoms with Crippen LogP contribution in [0.5, 0.6) is 0 Å². The molecule has 0 spiro atoms. The Morgan fingerprint density at radius 3 is 3.12 bits per heavy atom. The van der Waals surface area contributed by atoms with Crippen molar-refractivity contribution in [1.82, 2.24) is 9.97 Å². The van der Waals surface area contributed by atoms with Gasteiger partial charge in [-0.25, -0.2) is 0 Å². The van der Waals surface area contributed by atoms with E-state index in [1.54, 1.807) is 6.20 Å². The van der Waals surface area contributed by atoms with Gasteiger partial charge in [0.05, 0.1) is 11.6 Å². The van der Waals surface area contributed by atoms with Gasteiger partial charge in [-0.05, 0) is 35.6 Å². The van der Waals surface area contributed by atoms with Crippen LogP contribution in [0.4, 0.5) is 0 Å². The van der Waals surface area contributed by atoms with Gasteiger partial charge in [-0.1, -0.05) is 36.7 Å². The molecule has 0 saturated heterocycles. The van der Waals surface area contributed by atoms with E-state index in [9.17, 15) is 5.26 Å². The number of aromatic amines is 1. The van der Waals surface area contributed by atoms with Crippen LogP contribution in [0.25, 0.3) is 28.5 Å². The Hall–Kier alpha value is -2.83. The van der Waals surface area contributed by atoms with Crippen LogP contribution in [0.2, 0.25) is 0 Å². The summed E-state index contributed by atoms with van der Waals surface area (Å²) in [6, 6.07) is 10.3. The van der Waals surface area contributed by atoms with Crippen molar-refractivity contribution in [1.29, 1.82) is 5.26 Å². The van der Waals surface area contributed by atoms with Gasteiger partial charge in [0.15, 0.2) is 0 Å². The fourth-order valence-electron chi connectivity index (χ4n) is 3.45. The second-order valence-corrected chi connectivity index (χ2v) is 6.83. The molecule has 1 N–H and O–H groups in total. The van der Waals surface area contributed by atoms with E-state index in [2.05, 4.69) is 23.0 Å². The van der Waals surface area contributed by atoms with E-state index in [-0.39, 0.29) is 0 Å². The number of halogens is 1. The number of nitriles is 1. The van der Waals surface area contributed by atoms with Gasteiger partial charge in [-0.15, -0.1) is 0 Å². The third kappa shape index (κ3) is 2.75. The molecule has 0 aliphatic heterocycles. The van der Waals surface area contributed by atoms with E-state index in [0.717, 1.165) is 44.6 Å². The number of rotatable bonds is 2. The number of hydrogen-bond donors (Lipinski definition) is 1. The maximum absolute atomic E-state index is 9.77. The normalized spacial score (nSPS) is 17.1. The van der Waals surface area contributed by atoms with Gasteiger partial charge >= 0.3 is 0 Å². The summed E-state index contributed by atoms with van der Waals surface area (Å²) in [6.07, 6.45) is 10.3. The summed E-state index contributed by atoms with van der Waals surface area (Å²) < 4.78 is 0. The first kappa shape index (κ1) is 15.7. The molecule has 3 nitrogen and oxygen atoms in total. The highest BCUT2D eigenvalue weighted by atomic mass is 35.5. The molecule has 0 fully saturated rings. The van der Waals surface area contributed by atoms with Crippen molar-refractivity contribution >= 4 is 40.1 Å². The highest BCUT2D eigenvalue weighted by molar-refractivity contribution is 6.31. The van der Waals surface area contributed by atoms with Gasteiger partial charge in [0.2, 0.25) is 0 Å². The Morgan fingerprint density at radius 1 is 1.40 bits per heavy atom. The second-order valence-electron chi connectivity index (χ2n) is 6.34. The summed E-state index contributed by atoms with van der Waals surface area (Å²) in [5, 5.41) is 12.7. The van der Waals surface area contributed by atoms with Crippen LogP contribution in [0.1, 0.15) is 41.6 Å². The minimum absolute atomic E-state index is 0.324. The van der Waals surface area contributed by atoms with Crippen molar-refractivity contribution in [3.63, 3.8) is 0 Å². The summed E-state index contributed by atoms with van der Waals surface area (Å²) in [4.78, 5) is 7.49. The SMILES string of the molecule is CC1CC(Cl)=Cc2c(/C(C#N)=C/c3cccc4cnccc34)c[nH]c21. The molecule has 1 aromatic carbocycles. The number of hydrogen-bond acceptors (Lipinski definition) is 2. The first-order valence-corrected chi connectivity index (χ1v) is 8.57. The molecule has 0 bridgehead atoms. The number of benzene rings is 1. The van der Waals surface area contributed by atoms with Crippen LogP contribution in [0.3, 0.4) is 0 Å². The number of allylic oxidation sites excluding steroid dienone is 2. The monoisotopic (exact) mass is 345 g/mol. The lowest BCUT2D eigenvalue weighted by Crippen LogP contribution is -2.01. The Labute approximate surface area is 151 Å². The summed E-state index contributed by atoms with van der Waals surface area (Å²) in [5.41, 5.74) is 4.69. The van der Waals surface area contributed by atoms with Crippen LogP contribution in [-0.4, -0.2) is 9.97 Å². The number of nitrogens with one attached hydrogen (secondary N) is 1. The number of fused-ring (bicyclic) bond motifs is 2. The van der Waals surface area contributed by atoms with Crippen molar-refractivity contribution in [2.75, 3.05) is 0 Å². The summed E-state index contributed by atoms with van der Waals surface area (Å²) >= 11 is 6.29. The second kappa shape index (κ2) is 6.23. The fraction of sp³-hybridized carbons (Fsp3) is 0.143. The lowest BCUT2D eigenvalue weighted by Gasteiger charge is -2.17. The predicted octanol–water partition coefficient (Wildman–Crippen LogP) is 5.71. The third-order valence-electron chi connectivity index (χ3n) is 4.67. The van der Waals surface area contributed by atoms with Gasteiger partial charge in [-0.3, -0.25) is 4.98 Å². The predicted molar refractivity (Wildman–Crippen MR) is 103 cm³/mol. The van der Waals surface area contributed by atoms with Crippen LogP contribution < -0.4 is 0 Å². The van der Waals surface area contributed by atoms with Gasteiger partial charge in [-0.2, -0.15) is 5.26 Å². The maximum Gasteiger partial charge on any atom is 0.0998 e. The zero-order valence-electron chi connectivity index (χ0n) is 13.8. The van der Waals surface area contributed by atoms with Crippen LogP contribution in [0.15, 0.2) is 47.9 Å². The summed E-state index contributed by atoms with van der Waals surface area (Å²) in [7, 11) is 0. The van der Waals surface area contributed by atoms with Crippen molar-refractivity contribution in [3.8, 4) is 6.07 Å². The molecule has 0 amide bonds. The minimum Gasteiger partial charge on any atom is -0.364 e. The maximum atomic E-state index is 9.77. The van der Waals surface area contributed by atoms with Crippen LogP contribution in [0, 0.1) is 11.3 Å². The molecule has 1 aliphatic carbocycles. The summed E-state index contributed by atoms with van der Waals surface area (Å²) in [6.45, 7) is 2.14. The molecule has 4 heteroatoms. The molecule has 0 saturated carbocycles. The number of pyridine rings is 1. The van der Waals surface area contributed by atoms with Crippen molar-refractivity contribution < 1.29 is 0 Å². The highest BCUT2D eigenvalue weighted by Crippen LogP contribution is 2.38. The van der Waals surface area contributed by atoms with E-state index in [1.807, 2.05) is 48.8 Å². The van der Waals surface area contributed by atoms with Gasteiger partial charge < -0.3 is 4.98 Å². The Bertz CT molecular complexity index is 1060. The standard InChI is InChI=1S/C21H16ClN3/c1-13-7-17(22)9-19-20(12-25-21(13)19)16(10-23)8-14-3-2-4-15-11-24-6-5-18(14)15/h2-6,8-9,11-13,25H,7H2,1H3/b16-8+. The molecular weight excluding hydrogens is 330 g/mol. The highest BCUT2D eigenvalue weighted by Gasteiger charge is 2.22. The molecule has 25 heavy (non-hydrogen) atoms. The van der Waals surface area contributed by atoms with E-state index in [1.165, 1.54) is 0 Å². The zero-order valence-corrected chi connectivity index (χ0v) is 14.5. The summed E-state index contributed by atoms with van der Waals surface area (Å²) in [5.74, 6) is 0.324. The molecule has 2 aromatic heterocycles. The first-order valence-electron chi connectivity index (χ1n) is 8.19. The molecule has 1 aliphatic rings. The van der Waals surface area contributed by atoms with Crippen LogP contribution in [-0.2, 0) is 0 Å². The van der Waals surface area contributed by atoms with Crippen molar-refractivity contribution in [2.24, 2.45) is 0 Å². The third-order valence-corrected chi connectivity index (χ3v) is 4.94. The van der Waals surface area contributed by atoms with Crippen molar-refractivity contribution in [3.05, 3.63) is 70.3 Å². The molecule has 1 unspecified atom stereocenters. The van der Waals surface area contributed by atoms with Gasteiger partial charge in [0, 0.05) is 51.7 Å². The van der Waals surface area contributed by atoms with Crippen LogP contribution >= 0.6 is 11.6 Å². The average Bonchev–Trinajstić information content (AvgIpc) is 3.03. The zero-order chi connectivity index (χ0) is 17.4. The number of H-pyrrole nitrogens is 1. The van der Waals surface area contributed by atoms with E-state index >= 15 is 0 Å². The smallest absolute Gasteiger partial charge is 0.0998 e. The number of nitrogens with zero attached hydrogens (tertiary/aromatic N) is 2. The molecule has 3 aromatic rings. The topological polar surface area (TPSA) is 52.5 Å². The molecule has 1 atom stereocenters. The molecular formula is C21H16ClN3. The lowest BCUT2D eigenvalue weighted by atomic mass is 9.90. The van der Waals surface area contributed by atoms with E-state index < -0.39 is 0 Å². The van der Waals surface area contributed by atoms with E-state index in [4.69, 9.17) is 11.6 Å². The average molecular weight is 346 g/mol. The molecule has 4 rings (SSSR count). The quantitative estimate of drug-likeness (QED) is 0.604. The largest absolute Gasteiger partial charge is 0.364 e. The number of aromatic nitrogens is 2. The minimum atomic E-state index is 0.324. The van der Waals surface area contributed by atoms with Gasteiger partial charge in [0.1, 0.15) is 0 Å². The van der Waals surface area contributed by atoms with Gasteiger partial charge in [0.25, 0.3) is 0 Å². The molecule has 2 heterocycles. The molecule has 0 radical (unpaired) electrons. The fourth-order valence-corrected chi connectivity index (χ4v) is 3.79.